The second kappa shape index (κ2) is 6.20. The molecule has 1 aromatic heterocycles. The van der Waals surface area contributed by atoms with Gasteiger partial charge in [-0.2, -0.15) is 5.21 Å². The van der Waals surface area contributed by atoms with Gasteiger partial charge < -0.3 is 21.7 Å². The second-order valence-electron chi connectivity index (χ2n) is 7.16. The van der Waals surface area contributed by atoms with Crippen molar-refractivity contribution < 1.29 is 9.59 Å². The highest BCUT2D eigenvalue weighted by Gasteiger charge is 2.63. The van der Waals surface area contributed by atoms with Gasteiger partial charge in [0.2, 0.25) is 11.8 Å². The zero-order valence-corrected chi connectivity index (χ0v) is 15.6. The van der Waals surface area contributed by atoms with Crippen molar-refractivity contribution in [3.8, 4) is 0 Å². The highest BCUT2D eigenvalue weighted by atomic mass is 32.2. The number of aromatic nitrogens is 4. The van der Waals surface area contributed by atoms with Crippen molar-refractivity contribution in [3.05, 3.63) is 35.7 Å². The fourth-order valence-corrected chi connectivity index (χ4v) is 5.18. The molecule has 2 aliphatic rings. The fraction of sp³-hybridized carbons (Fsp3) is 0.438. The van der Waals surface area contributed by atoms with Gasteiger partial charge in [-0.15, -0.1) is 22.0 Å². The first-order valence-corrected chi connectivity index (χ1v) is 9.32. The highest BCUT2D eigenvalue weighted by molar-refractivity contribution is 8.01. The van der Waals surface area contributed by atoms with E-state index < -0.39 is 18.0 Å². The number of anilines is 1. The van der Waals surface area contributed by atoms with Crippen molar-refractivity contribution in [3.63, 3.8) is 0 Å². The quantitative estimate of drug-likeness (QED) is 0.411. The Hall–Kier alpha value is -2.66. The summed E-state index contributed by atoms with van der Waals surface area (Å²) in [6.45, 7) is 4.03. The molecule has 142 valence electrons. The average Bonchev–Trinajstić information content (AvgIpc) is 3.23. The SMILES string of the molecule is CC1(C)S[C@H]2[C@@H](NC(=O)C(N)c3ccc(N)cc3)C(=O)N2[C@@H]1c1nn[nH]n1. The van der Waals surface area contributed by atoms with E-state index in [1.54, 1.807) is 40.9 Å². The van der Waals surface area contributed by atoms with Crippen molar-refractivity contribution in [1.82, 2.24) is 30.8 Å². The smallest absolute Gasteiger partial charge is 0.249 e. The van der Waals surface area contributed by atoms with E-state index in [1.165, 1.54) is 0 Å². The predicted molar refractivity (Wildman–Crippen MR) is 98.9 cm³/mol. The first-order valence-electron chi connectivity index (χ1n) is 8.44. The normalized spacial score (nSPS) is 27.0. The Morgan fingerprint density at radius 3 is 2.70 bits per heavy atom. The van der Waals surface area contributed by atoms with Gasteiger partial charge in [-0.3, -0.25) is 9.59 Å². The van der Waals surface area contributed by atoms with Crippen LogP contribution in [0.15, 0.2) is 24.3 Å². The van der Waals surface area contributed by atoms with Crippen LogP contribution in [0.25, 0.3) is 0 Å². The minimum atomic E-state index is -0.875. The lowest BCUT2D eigenvalue weighted by Crippen LogP contribution is -2.68. The van der Waals surface area contributed by atoms with Gasteiger partial charge in [-0.1, -0.05) is 17.3 Å². The van der Waals surface area contributed by atoms with Gasteiger partial charge in [-0.05, 0) is 31.5 Å². The van der Waals surface area contributed by atoms with Crippen LogP contribution in [0, 0.1) is 0 Å². The lowest BCUT2D eigenvalue weighted by Gasteiger charge is -2.44. The second-order valence-corrected chi connectivity index (χ2v) is 8.93. The Bertz CT molecular complexity index is 869. The number of rotatable bonds is 4. The van der Waals surface area contributed by atoms with Crippen LogP contribution in [0.1, 0.15) is 37.3 Å². The molecule has 4 rings (SSSR count). The molecule has 2 amide bonds. The number of nitrogens with one attached hydrogen (secondary N) is 2. The first-order chi connectivity index (χ1) is 12.8. The molecule has 0 bridgehead atoms. The van der Waals surface area contributed by atoms with Crippen LogP contribution in [0.2, 0.25) is 0 Å². The van der Waals surface area contributed by atoms with Gasteiger partial charge in [-0.25, -0.2) is 0 Å². The van der Waals surface area contributed by atoms with E-state index in [4.69, 9.17) is 11.5 Å². The third kappa shape index (κ3) is 2.82. The van der Waals surface area contributed by atoms with Crippen LogP contribution in [0.3, 0.4) is 0 Å². The van der Waals surface area contributed by atoms with Gasteiger partial charge in [0, 0.05) is 10.4 Å². The highest BCUT2D eigenvalue weighted by Crippen LogP contribution is 2.56. The average molecular weight is 388 g/mol. The molecule has 4 atom stereocenters. The third-order valence-electron chi connectivity index (χ3n) is 4.92. The van der Waals surface area contributed by atoms with Crippen molar-refractivity contribution in [2.45, 2.75) is 42.1 Å². The third-order valence-corrected chi connectivity index (χ3v) is 6.49. The minimum Gasteiger partial charge on any atom is -0.399 e. The Morgan fingerprint density at radius 1 is 1.37 bits per heavy atom. The molecule has 2 saturated heterocycles. The summed E-state index contributed by atoms with van der Waals surface area (Å²) < 4.78 is -0.317. The molecule has 10 nitrogen and oxygen atoms in total. The molecule has 0 radical (unpaired) electrons. The Balaban J connectivity index is 1.48. The number of thioether (sulfide) groups is 1. The maximum Gasteiger partial charge on any atom is 0.249 e. The van der Waals surface area contributed by atoms with Crippen LogP contribution in [-0.2, 0) is 9.59 Å². The summed E-state index contributed by atoms with van der Waals surface area (Å²) in [5, 5.41) is 16.7. The summed E-state index contributed by atoms with van der Waals surface area (Å²) in [4.78, 5) is 27.0. The van der Waals surface area contributed by atoms with Crippen molar-refractivity contribution >= 4 is 29.3 Å². The number of nitrogens with two attached hydrogens (primary N) is 2. The van der Waals surface area contributed by atoms with E-state index in [9.17, 15) is 9.59 Å². The number of benzene rings is 1. The number of nitrogen functional groups attached to an aromatic ring is 1. The fourth-order valence-electron chi connectivity index (χ4n) is 3.55. The van der Waals surface area contributed by atoms with Crippen LogP contribution < -0.4 is 16.8 Å². The van der Waals surface area contributed by atoms with Crippen molar-refractivity contribution in [1.29, 1.82) is 0 Å². The number of hydrogen-bond donors (Lipinski definition) is 4. The first kappa shape index (κ1) is 17.7. The van der Waals surface area contributed by atoms with Crippen LogP contribution in [-0.4, -0.2) is 53.5 Å². The topological polar surface area (TPSA) is 156 Å². The van der Waals surface area contributed by atoms with Gasteiger partial charge in [0.05, 0.1) is 0 Å². The molecule has 27 heavy (non-hydrogen) atoms. The largest absolute Gasteiger partial charge is 0.399 e. The molecule has 3 heterocycles. The Kier molecular flexibility index (Phi) is 4.07. The van der Waals surface area contributed by atoms with Gasteiger partial charge >= 0.3 is 0 Å². The number of amides is 2. The summed E-state index contributed by atoms with van der Waals surface area (Å²) >= 11 is 1.60. The number of H-pyrrole nitrogens is 1. The number of aromatic amines is 1. The summed E-state index contributed by atoms with van der Waals surface area (Å²) in [5.74, 6) is -0.114. The zero-order chi connectivity index (χ0) is 19.3. The van der Waals surface area contributed by atoms with E-state index in [-0.39, 0.29) is 22.1 Å². The monoisotopic (exact) mass is 388 g/mol. The van der Waals surface area contributed by atoms with Crippen LogP contribution in [0.5, 0.6) is 0 Å². The molecule has 11 heteroatoms. The maximum atomic E-state index is 12.7. The van der Waals surface area contributed by atoms with E-state index in [0.717, 1.165) is 0 Å². The number of β-lactam (4-membered cyclic amide) rings is 1. The molecule has 1 unspecified atom stereocenters. The lowest BCUT2D eigenvalue weighted by molar-refractivity contribution is -0.152. The van der Waals surface area contributed by atoms with Gasteiger partial charge in [0.15, 0.2) is 5.82 Å². The number of tetrazole rings is 1. The number of carbonyl (C=O) groups excluding carboxylic acids is 2. The summed E-state index contributed by atoms with van der Waals surface area (Å²) in [5.41, 5.74) is 12.9. The van der Waals surface area contributed by atoms with E-state index >= 15 is 0 Å². The molecule has 2 aliphatic heterocycles. The molecule has 0 spiro atoms. The van der Waals surface area contributed by atoms with Gasteiger partial charge in [0.1, 0.15) is 23.5 Å². The standard InChI is InChI=1S/C16H20N8O2S/c1-16(2)11(12-20-22-23-21-12)24-14(26)10(15(24)27-16)19-13(25)9(18)7-3-5-8(17)6-4-7/h3-6,9-11,15H,17-18H2,1-2H3,(H,19,25)(H,20,21,22,23)/t9?,10-,11+,15-/m0/s1. The van der Waals surface area contributed by atoms with Crippen LogP contribution in [0.4, 0.5) is 5.69 Å². The van der Waals surface area contributed by atoms with E-state index in [0.29, 0.717) is 17.1 Å². The molecule has 1 aromatic carbocycles. The molecule has 2 fully saturated rings. The molecule has 0 saturated carbocycles. The molecular formula is C16H20N8O2S. The van der Waals surface area contributed by atoms with Crippen molar-refractivity contribution in [2.24, 2.45) is 5.73 Å². The molecule has 0 aliphatic carbocycles. The van der Waals surface area contributed by atoms with Crippen molar-refractivity contribution in [2.75, 3.05) is 5.73 Å². The molecule has 2 aromatic rings. The lowest BCUT2D eigenvalue weighted by atomic mass is 9.95. The number of nitrogens with zero attached hydrogens (tertiary/aromatic N) is 4. The molecule has 6 N–H and O–H groups in total. The summed E-state index contributed by atoms with van der Waals surface area (Å²) in [6.07, 6.45) is 0. The molecular weight excluding hydrogens is 368 g/mol. The Morgan fingerprint density at radius 2 is 2.07 bits per heavy atom. The van der Waals surface area contributed by atoms with E-state index in [1.807, 2.05) is 13.8 Å². The number of hydrogen-bond acceptors (Lipinski definition) is 8. The maximum absolute atomic E-state index is 12.7. The predicted octanol–water partition coefficient (Wildman–Crippen LogP) is -0.298. The zero-order valence-electron chi connectivity index (χ0n) is 14.8. The summed E-state index contributed by atoms with van der Waals surface area (Å²) in [6, 6.07) is 4.96. The van der Waals surface area contributed by atoms with Gasteiger partial charge in [0.25, 0.3) is 0 Å². The summed E-state index contributed by atoms with van der Waals surface area (Å²) in [7, 11) is 0. The number of fused-ring (bicyclic) bond motifs is 1. The Labute approximate surface area is 159 Å². The van der Waals surface area contributed by atoms with E-state index in [2.05, 4.69) is 25.9 Å². The number of carbonyl (C=O) groups is 2. The van der Waals surface area contributed by atoms with Crippen LogP contribution >= 0.6 is 11.8 Å². The minimum absolute atomic E-state index is 0.175.